The highest BCUT2D eigenvalue weighted by atomic mass is 32.2. The van der Waals surface area contributed by atoms with E-state index in [0.29, 0.717) is 13.2 Å². The van der Waals surface area contributed by atoms with Crippen LogP contribution in [0.15, 0.2) is 0 Å². The van der Waals surface area contributed by atoms with Crippen LogP contribution in [0.5, 0.6) is 0 Å². The molecule has 0 aromatic heterocycles. The summed E-state index contributed by atoms with van der Waals surface area (Å²) in [5.74, 6) is -1.22. The lowest BCUT2D eigenvalue weighted by molar-refractivity contribution is -0.154. The van der Waals surface area contributed by atoms with Gasteiger partial charge in [-0.15, -0.1) is 11.8 Å². The van der Waals surface area contributed by atoms with E-state index < -0.39 is 22.6 Å². The maximum atomic E-state index is 13.8. The lowest BCUT2D eigenvalue weighted by Gasteiger charge is -2.39. The molecule has 7 atom stereocenters. The second kappa shape index (κ2) is 10.8. The first-order chi connectivity index (χ1) is 15.3. The minimum atomic E-state index is -0.569. The fourth-order valence-electron chi connectivity index (χ4n) is 6.14. The van der Waals surface area contributed by atoms with E-state index in [-0.39, 0.29) is 41.6 Å². The molecule has 2 bridgehead atoms. The monoisotopic (exact) mass is 468 g/mol. The normalized spacial score (nSPS) is 34.0. The van der Waals surface area contributed by atoms with Crippen molar-refractivity contribution in [3.63, 3.8) is 0 Å². The lowest BCUT2D eigenvalue weighted by atomic mass is 9.66. The molecular weight excluding hydrogens is 428 g/mol. The number of fused-ring (bicyclic) bond motifs is 1. The molecule has 1 spiro atoms. The van der Waals surface area contributed by atoms with Crippen LogP contribution in [0, 0.1) is 17.8 Å². The van der Waals surface area contributed by atoms with Crippen LogP contribution in [0.2, 0.25) is 0 Å². The van der Waals surface area contributed by atoms with Gasteiger partial charge in [0.1, 0.15) is 6.04 Å². The number of amides is 2. The van der Waals surface area contributed by atoms with Gasteiger partial charge < -0.3 is 20.1 Å². The molecule has 0 radical (unpaired) electrons. The van der Waals surface area contributed by atoms with Crippen LogP contribution >= 0.6 is 11.8 Å². The second-order valence-electron chi connectivity index (χ2n) is 9.67. The molecule has 0 saturated carbocycles. The molecule has 3 fully saturated rings. The Kier molecular flexibility index (Phi) is 8.53. The fourth-order valence-corrected chi connectivity index (χ4v) is 8.55. The number of hydrogen-bond donors (Lipinski definition) is 2. The van der Waals surface area contributed by atoms with Crippen molar-refractivity contribution in [1.29, 1.82) is 0 Å². The predicted octanol–water partition coefficient (Wildman–Crippen LogP) is 2.74. The molecule has 7 nitrogen and oxygen atoms in total. The average Bonchev–Trinajstić information content (AvgIpc) is 3.32. The first-order valence-electron chi connectivity index (χ1n) is 12.4. The second-order valence-corrected chi connectivity index (χ2v) is 11.2. The third-order valence-corrected chi connectivity index (χ3v) is 9.55. The van der Waals surface area contributed by atoms with E-state index >= 15 is 0 Å². The Hall–Kier alpha value is -1.28. The first-order valence-corrected chi connectivity index (χ1v) is 13.3. The van der Waals surface area contributed by atoms with Gasteiger partial charge in [0.05, 0.1) is 23.2 Å². The SMILES string of the molecule is CCCC(C)NC(=O)C1N(CCCCCCO)C(=O)[C@@H]2[C@H](C(=O)OCC)[C@@H]3CC(C)C12S3. The van der Waals surface area contributed by atoms with Crippen molar-refractivity contribution in [3.05, 3.63) is 0 Å². The molecule has 0 aromatic rings. The molecule has 4 unspecified atom stereocenters. The van der Waals surface area contributed by atoms with Gasteiger partial charge >= 0.3 is 5.97 Å². The summed E-state index contributed by atoms with van der Waals surface area (Å²) in [6.45, 7) is 9.00. The van der Waals surface area contributed by atoms with Crippen molar-refractivity contribution in [1.82, 2.24) is 10.2 Å². The largest absolute Gasteiger partial charge is 0.466 e. The summed E-state index contributed by atoms with van der Waals surface area (Å²) in [5, 5.41) is 12.2. The average molecular weight is 469 g/mol. The number of carbonyl (C=O) groups excluding carboxylic acids is 3. The van der Waals surface area contributed by atoms with Crippen LogP contribution in [0.3, 0.4) is 0 Å². The molecule has 8 heteroatoms. The Morgan fingerprint density at radius 1 is 1.28 bits per heavy atom. The van der Waals surface area contributed by atoms with Gasteiger partial charge in [-0.1, -0.05) is 33.1 Å². The van der Waals surface area contributed by atoms with Gasteiger partial charge in [0.2, 0.25) is 11.8 Å². The zero-order chi connectivity index (χ0) is 23.5. The molecule has 2 amide bonds. The molecular formula is C24H40N2O5S. The molecule has 2 N–H and O–H groups in total. The van der Waals surface area contributed by atoms with Crippen molar-refractivity contribution < 1.29 is 24.2 Å². The van der Waals surface area contributed by atoms with Gasteiger partial charge in [0.25, 0.3) is 0 Å². The molecule has 3 aliphatic rings. The zero-order valence-corrected chi connectivity index (χ0v) is 20.8. The summed E-state index contributed by atoms with van der Waals surface area (Å²) < 4.78 is 4.80. The third kappa shape index (κ3) is 4.41. The molecule has 0 aliphatic carbocycles. The standard InChI is InChI=1S/C24H40N2O5S/c1-5-11-16(4)25-21(28)20-24-15(3)14-17(32-24)18(23(30)31-6-2)19(24)22(29)26(20)12-9-7-8-10-13-27/h15-20,27H,5-14H2,1-4H3,(H,25,28)/t15?,16?,17-,18+,19-,20?,24?/m0/s1. The van der Waals surface area contributed by atoms with Crippen LogP contribution in [0.25, 0.3) is 0 Å². The minimum absolute atomic E-state index is 0.0352. The summed E-state index contributed by atoms with van der Waals surface area (Å²) in [7, 11) is 0. The first kappa shape index (κ1) is 25.3. The van der Waals surface area contributed by atoms with E-state index in [0.717, 1.165) is 44.9 Å². The van der Waals surface area contributed by atoms with Crippen molar-refractivity contribution in [2.45, 2.75) is 94.7 Å². The molecule has 32 heavy (non-hydrogen) atoms. The summed E-state index contributed by atoms with van der Waals surface area (Å²) in [6, 6.07) is -0.509. The lowest BCUT2D eigenvalue weighted by Crippen LogP contribution is -2.57. The van der Waals surface area contributed by atoms with E-state index in [2.05, 4.69) is 19.2 Å². The number of likely N-dealkylation sites (tertiary alicyclic amines) is 1. The highest BCUT2D eigenvalue weighted by Crippen LogP contribution is 2.68. The maximum absolute atomic E-state index is 13.8. The van der Waals surface area contributed by atoms with Gasteiger partial charge in [-0.3, -0.25) is 14.4 Å². The van der Waals surface area contributed by atoms with Crippen LogP contribution in [0.1, 0.15) is 72.6 Å². The van der Waals surface area contributed by atoms with Crippen molar-refractivity contribution >= 4 is 29.5 Å². The Labute approximate surface area is 196 Å². The summed E-state index contributed by atoms with van der Waals surface area (Å²) >= 11 is 1.69. The summed E-state index contributed by atoms with van der Waals surface area (Å²) in [6.07, 6.45) is 6.03. The number of carbonyl (C=O) groups is 3. The number of hydrogen-bond acceptors (Lipinski definition) is 6. The number of thioether (sulfide) groups is 1. The predicted molar refractivity (Wildman–Crippen MR) is 125 cm³/mol. The molecule has 3 rings (SSSR count). The van der Waals surface area contributed by atoms with E-state index in [1.807, 2.05) is 6.92 Å². The van der Waals surface area contributed by atoms with Gasteiger partial charge in [0, 0.05) is 24.4 Å². The topological polar surface area (TPSA) is 95.9 Å². The van der Waals surface area contributed by atoms with E-state index in [1.165, 1.54) is 0 Å². The Morgan fingerprint density at radius 3 is 2.66 bits per heavy atom. The van der Waals surface area contributed by atoms with E-state index in [4.69, 9.17) is 9.84 Å². The van der Waals surface area contributed by atoms with Gasteiger partial charge in [-0.25, -0.2) is 0 Å². The number of nitrogens with zero attached hydrogens (tertiary/aromatic N) is 1. The van der Waals surface area contributed by atoms with Gasteiger partial charge in [-0.05, 0) is 45.4 Å². The zero-order valence-electron chi connectivity index (χ0n) is 20.0. The fraction of sp³-hybridized carbons (Fsp3) is 0.875. The van der Waals surface area contributed by atoms with Gasteiger partial charge in [0.15, 0.2) is 0 Å². The van der Waals surface area contributed by atoms with Gasteiger partial charge in [-0.2, -0.15) is 0 Å². The smallest absolute Gasteiger partial charge is 0.310 e. The number of aliphatic hydroxyl groups is 1. The number of rotatable bonds is 12. The van der Waals surface area contributed by atoms with Crippen molar-refractivity contribution in [2.75, 3.05) is 19.8 Å². The Balaban J connectivity index is 1.89. The Bertz CT molecular complexity index is 704. The maximum Gasteiger partial charge on any atom is 0.310 e. The van der Waals surface area contributed by atoms with E-state index in [9.17, 15) is 14.4 Å². The summed E-state index contributed by atoms with van der Waals surface area (Å²) in [5.41, 5.74) is 0. The van der Waals surface area contributed by atoms with Crippen LogP contribution in [-0.2, 0) is 19.1 Å². The van der Waals surface area contributed by atoms with Crippen molar-refractivity contribution in [3.8, 4) is 0 Å². The van der Waals surface area contributed by atoms with Crippen molar-refractivity contribution in [2.24, 2.45) is 17.8 Å². The number of unbranched alkanes of at least 4 members (excludes halogenated alkanes) is 3. The number of aliphatic hydroxyl groups excluding tert-OH is 1. The highest BCUT2D eigenvalue weighted by molar-refractivity contribution is 8.02. The van der Waals surface area contributed by atoms with Crippen LogP contribution in [0.4, 0.5) is 0 Å². The third-order valence-electron chi connectivity index (χ3n) is 7.47. The molecule has 3 heterocycles. The van der Waals surface area contributed by atoms with Crippen LogP contribution in [-0.4, -0.2) is 69.6 Å². The quantitative estimate of drug-likeness (QED) is 0.338. The Morgan fingerprint density at radius 2 is 2.00 bits per heavy atom. The minimum Gasteiger partial charge on any atom is -0.466 e. The molecule has 182 valence electrons. The summed E-state index contributed by atoms with van der Waals surface area (Å²) in [4.78, 5) is 42.0. The highest BCUT2D eigenvalue weighted by Gasteiger charge is 2.76. The molecule has 0 aromatic carbocycles. The number of ether oxygens (including phenoxy) is 1. The molecule has 3 aliphatic heterocycles. The number of esters is 1. The number of nitrogens with one attached hydrogen (secondary N) is 1. The molecule has 3 saturated heterocycles. The van der Waals surface area contributed by atoms with Crippen LogP contribution < -0.4 is 5.32 Å². The van der Waals surface area contributed by atoms with E-state index in [1.54, 1.807) is 23.6 Å².